The third kappa shape index (κ3) is 4.68. The summed E-state index contributed by atoms with van der Waals surface area (Å²) < 4.78 is 19.1. The molecule has 4 heteroatoms. The minimum absolute atomic E-state index is 0.122. The van der Waals surface area contributed by atoms with E-state index in [4.69, 9.17) is 4.74 Å². The maximum Gasteiger partial charge on any atom is 0.146 e. The number of benzene rings is 1. The third-order valence-corrected chi connectivity index (χ3v) is 4.33. The molecule has 0 radical (unpaired) electrons. The summed E-state index contributed by atoms with van der Waals surface area (Å²) in [5, 5.41) is 3.30. The fraction of sp³-hybridized carbons (Fsp3) is 0.647. The van der Waals surface area contributed by atoms with E-state index in [0.29, 0.717) is 12.6 Å². The van der Waals surface area contributed by atoms with Crippen LogP contribution in [0.5, 0.6) is 0 Å². The summed E-state index contributed by atoms with van der Waals surface area (Å²) in [6, 6.07) is 5.89. The quantitative estimate of drug-likeness (QED) is 0.781. The number of hydrogen-bond acceptors (Lipinski definition) is 3. The molecule has 0 amide bonds. The van der Waals surface area contributed by atoms with E-state index in [0.717, 1.165) is 24.3 Å². The minimum Gasteiger partial charge on any atom is -0.383 e. The number of halogens is 1. The Morgan fingerprint density at radius 2 is 2.05 bits per heavy atom. The summed E-state index contributed by atoms with van der Waals surface area (Å²) >= 11 is 0. The molecule has 21 heavy (non-hydrogen) atoms. The van der Waals surface area contributed by atoms with E-state index >= 15 is 0 Å². The van der Waals surface area contributed by atoms with Crippen LogP contribution in [0, 0.1) is 5.82 Å². The highest BCUT2D eigenvalue weighted by molar-refractivity contribution is 5.50. The van der Waals surface area contributed by atoms with Crippen LogP contribution in [-0.4, -0.2) is 33.4 Å². The number of hydrogen-bond donors (Lipinski definition) is 1. The lowest BCUT2D eigenvalue weighted by Crippen LogP contribution is -2.34. The van der Waals surface area contributed by atoms with Crippen molar-refractivity contribution in [2.24, 2.45) is 0 Å². The Kier molecular flexibility index (Phi) is 6.46. The van der Waals surface area contributed by atoms with Gasteiger partial charge in [-0.15, -0.1) is 0 Å². The van der Waals surface area contributed by atoms with E-state index in [2.05, 4.69) is 10.2 Å². The average Bonchev–Trinajstić information content (AvgIpc) is 2.53. The largest absolute Gasteiger partial charge is 0.383 e. The molecule has 1 aromatic rings. The summed E-state index contributed by atoms with van der Waals surface area (Å²) in [7, 11) is 3.72. The molecule has 0 aromatic heterocycles. The molecule has 1 fully saturated rings. The van der Waals surface area contributed by atoms with Gasteiger partial charge in [0, 0.05) is 33.3 Å². The first-order chi connectivity index (χ1) is 10.2. The van der Waals surface area contributed by atoms with E-state index in [-0.39, 0.29) is 5.82 Å². The van der Waals surface area contributed by atoms with Crippen molar-refractivity contribution < 1.29 is 9.13 Å². The predicted octanol–water partition coefficient (Wildman–Crippen LogP) is 3.33. The Morgan fingerprint density at radius 3 is 2.76 bits per heavy atom. The van der Waals surface area contributed by atoms with Gasteiger partial charge in [-0.2, -0.15) is 0 Å². The van der Waals surface area contributed by atoms with Crippen LogP contribution in [0.2, 0.25) is 0 Å². The number of methoxy groups -OCH3 is 1. The van der Waals surface area contributed by atoms with Gasteiger partial charge in [-0.3, -0.25) is 0 Å². The summed E-state index contributed by atoms with van der Waals surface area (Å²) in [6.45, 7) is 2.24. The van der Waals surface area contributed by atoms with Crippen LogP contribution in [0.1, 0.15) is 37.7 Å². The second kappa shape index (κ2) is 8.35. The monoisotopic (exact) mass is 294 g/mol. The van der Waals surface area contributed by atoms with Gasteiger partial charge in [0.05, 0.1) is 12.3 Å². The van der Waals surface area contributed by atoms with E-state index < -0.39 is 0 Å². The van der Waals surface area contributed by atoms with Crippen LogP contribution in [0.25, 0.3) is 0 Å². The topological polar surface area (TPSA) is 24.5 Å². The SMILES string of the molecule is COCCNCc1ccc(F)c(N(C)C2CCCCC2)c1. The van der Waals surface area contributed by atoms with Crippen molar-refractivity contribution in [2.75, 3.05) is 32.2 Å². The second-order valence-electron chi connectivity index (χ2n) is 5.86. The fourth-order valence-corrected chi connectivity index (χ4v) is 3.01. The third-order valence-electron chi connectivity index (χ3n) is 4.33. The lowest BCUT2D eigenvalue weighted by atomic mass is 9.94. The van der Waals surface area contributed by atoms with Crippen LogP contribution in [0.3, 0.4) is 0 Å². The van der Waals surface area contributed by atoms with Crippen molar-refractivity contribution in [3.05, 3.63) is 29.6 Å². The molecular weight excluding hydrogens is 267 g/mol. The van der Waals surface area contributed by atoms with E-state index in [1.165, 1.54) is 32.1 Å². The molecule has 0 spiro atoms. The lowest BCUT2D eigenvalue weighted by Gasteiger charge is -2.33. The fourth-order valence-electron chi connectivity index (χ4n) is 3.01. The zero-order chi connectivity index (χ0) is 15.1. The summed E-state index contributed by atoms with van der Waals surface area (Å²) in [5.74, 6) is -0.122. The highest BCUT2D eigenvalue weighted by Crippen LogP contribution is 2.28. The first-order valence-corrected chi connectivity index (χ1v) is 7.93. The molecule has 3 nitrogen and oxygen atoms in total. The van der Waals surface area contributed by atoms with Crippen LogP contribution in [0.4, 0.5) is 10.1 Å². The van der Waals surface area contributed by atoms with Gasteiger partial charge in [0.2, 0.25) is 0 Å². The summed E-state index contributed by atoms with van der Waals surface area (Å²) in [6.07, 6.45) is 6.18. The molecule has 0 saturated heterocycles. The zero-order valence-electron chi connectivity index (χ0n) is 13.2. The Hall–Kier alpha value is -1.13. The zero-order valence-corrected chi connectivity index (χ0v) is 13.2. The molecule has 0 unspecified atom stereocenters. The van der Waals surface area contributed by atoms with Crippen LogP contribution in [-0.2, 0) is 11.3 Å². The van der Waals surface area contributed by atoms with Gasteiger partial charge in [-0.1, -0.05) is 25.3 Å². The molecule has 0 atom stereocenters. The predicted molar refractivity (Wildman–Crippen MR) is 85.3 cm³/mol. The Labute approximate surface area is 127 Å². The van der Waals surface area contributed by atoms with Crippen LogP contribution < -0.4 is 10.2 Å². The molecule has 1 aliphatic rings. The van der Waals surface area contributed by atoms with Crippen molar-refractivity contribution in [3.63, 3.8) is 0 Å². The van der Waals surface area contributed by atoms with E-state index in [1.807, 2.05) is 19.2 Å². The van der Waals surface area contributed by atoms with Crippen molar-refractivity contribution >= 4 is 5.69 Å². The lowest BCUT2D eigenvalue weighted by molar-refractivity contribution is 0.199. The van der Waals surface area contributed by atoms with Crippen molar-refractivity contribution in [2.45, 2.75) is 44.7 Å². The van der Waals surface area contributed by atoms with Gasteiger partial charge in [-0.25, -0.2) is 4.39 Å². The number of rotatable bonds is 7. The maximum absolute atomic E-state index is 14.1. The molecule has 0 aliphatic heterocycles. The molecular formula is C17H27FN2O. The van der Waals surface area contributed by atoms with E-state index in [1.54, 1.807) is 13.2 Å². The summed E-state index contributed by atoms with van der Waals surface area (Å²) in [4.78, 5) is 2.13. The van der Waals surface area contributed by atoms with E-state index in [9.17, 15) is 4.39 Å². The molecule has 0 heterocycles. The molecule has 118 valence electrons. The molecule has 0 bridgehead atoms. The van der Waals surface area contributed by atoms with Gasteiger partial charge in [0.25, 0.3) is 0 Å². The Bertz CT molecular complexity index is 433. The Morgan fingerprint density at radius 1 is 1.29 bits per heavy atom. The number of nitrogens with one attached hydrogen (secondary N) is 1. The minimum atomic E-state index is -0.122. The maximum atomic E-state index is 14.1. The normalized spacial score (nSPS) is 16.1. The smallest absolute Gasteiger partial charge is 0.146 e. The van der Waals surface area contributed by atoms with Gasteiger partial charge in [-0.05, 0) is 30.5 Å². The summed E-state index contributed by atoms with van der Waals surface area (Å²) in [5.41, 5.74) is 1.85. The number of anilines is 1. The molecule has 2 rings (SSSR count). The molecule has 1 saturated carbocycles. The molecule has 1 N–H and O–H groups in total. The first-order valence-electron chi connectivity index (χ1n) is 7.93. The van der Waals surface area contributed by atoms with Gasteiger partial charge < -0.3 is 15.0 Å². The van der Waals surface area contributed by atoms with Gasteiger partial charge >= 0.3 is 0 Å². The molecule has 1 aromatic carbocycles. The second-order valence-corrected chi connectivity index (χ2v) is 5.86. The Balaban J connectivity index is 2.00. The van der Waals surface area contributed by atoms with Crippen LogP contribution >= 0.6 is 0 Å². The van der Waals surface area contributed by atoms with Crippen molar-refractivity contribution in [1.82, 2.24) is 5.32 Å². The standard InChI is InChI=1S/C17H27FN2O/c1-20(15-6-4-3-5-7-15)17-12-14(8-9-16(17)18)13-19-10-11-21-2/h8-9,12,15,19H,3-7,10-11,13H2,1-2H3. The number of nitrogens with zero attached hydrogens (tertiary/aromatic N) is 1. The highest BCUT2D eigenvalue weighted by atomic mass is 19.1. The first kappa shape index (κ1) is 16.2. The average molecular weight is 294 g/mol. The highest BCUT2D eigenvalue weighted by Gasteiger charge is 2.20. The van der Waals surface area contributed by atoms with Crippen molar-refractivity contribution in [3.8, 4) is 0 Å². The molecule has 1 aliphatic carbocycles. The van der Waals surface area contributed by atoms with Crippen LogP contribution in [0.15, 0.2) is 18.2 Å². The van der Waals surface area contributed by atoms with Crippen molar-refractivity contribution in [1.29, 1.82) is 0 Å². The van der Waals surface area contributed by atoms with Gasteiger partial charge in [0.15, 0.2) is 0 Å². The van der Waals surface area contributed by atoms with Gasteiger partial charge in [0.1, 0.15) is 5.82 Å². The number of ether oxygens (including phenoxy) is 1.